The van der Waals surface area contributed by atoms with Crippen LogP contribution in [0.2, 0.25) is 0 Å². The standard InChI is InChI=1S/C16H17FO2/c1-3-18-13-9-12(10-14(11-13)19-4-2)15-7-5-6-8-16(15)17/h5-11H,3-4H2,1-2H3. The van der Waals surface area contributed by atoms with Crippen LogP contribution in [0.25, 0.3) is 11.1 Å². The second kappa shape index (κ2) is 6.23. The molecule has 0 aliphatic rings. The quantitative estimate of drug-likeness (QED) is 0.798. The first-order valence-electron chi connectivity index (χ1n) is 6.40. The second-order valence-electron chi connectivity index (χ2n) is 4.04. The Kier molecular flexibility index (Phi) is 4.39. The van der Waals surface area contributed by atoms with Gasteiger partial charge < -0.3 is 9.47 Å². The van der Waals surface area contributed by atoms with Crippen LogP contribution in [0.5, 0.6) is 11.5 Å². The van der Waals surface area contributed by atoms with Crippen LogP contribution >= 0.6 is 0 Å². The van der Waals surface area contributed by atoms with E-state index in [1.54, 1.807) is 12.1 Å². The maximum absolute atomic E-state index is 13.8. The topological polar surface area (TPSA) is 18.5 Å². The van der Waals surface area contributed by atoms with Crippen LogP contribution in [0.15, 0.2) is 42.5 Å². The number of hydrogen-bond acceptors (Lipinski definition) is 2. The van der Waals surface area contributed by atoms with Gasteiger partial charge in [0, 0.05) is 11.6 Å². The smallest absolute Gasteiger partial charge is 0.131 e. The van der Waals surface area contributed by atoms with Gasteiger partial charge in [-0.3, -0.25) is 0 Å². The van der Waals surface area contributed by atoms with Crippen molar-refractivity contribution in [1.29, 1.82) is 0 Å². The largest absolute Gasteiger partial charge is 0.494 e. The van der Waals surface area contributed by atoms with Crippen molar-refractivity contribution < 1.29 is 13.9 Å². The minimum Gasteiger partial charge on any atom is -0.494 e. The maximum atomic E-state index is 13.8. The Morgan fingerprint density at radius 2 is 1.47 bits per heavy atom. The number of halogens is 1. The third-order valence-electron chi connectivity index (χ3n) is 2.69. The molecule has 0 saturated carbocycles. The zero-order valence-corrected chi connectivity index (χ0v) is 11.2. The van der Waals surface area contributed by atoms with Crippen LogP contribution in [0.4, 0.5) is 4.39 Å². The van der Waals surface area contributed by atoms with Gasteiger partial charge in [-0.25, -0.2) is 4.39 Å². The first-order chi connectivity index (χ1) is 9.24. The highest BCUT2D eigenvalue weighted by atomic mass is 19.1. The van der Waals surface area contributed by atoms with Crippen LogP contribution in [0, 0.1) is 5.82 Å². The van der Waals surface area contributed by atoms with E-state index in [0.717, 1.165) is 5.56 Å². The molecule has 0 aliphatic carbocycles. The van der Waals surface area contributed by atoms with Crippen LogP contribution < -0.4 is 9.47 Å². The van der Waals surface area contributed by atoms with E-state index in [9.17, 15) is 4.39 Å². The van der Waals surface area contributed by atoms with Crippen molar-refractivity contribution in [2.45, 2.75) is 13.8 Å². The lowest BCUT2D eigenvalue weighted by molar-refractivity contribution is 0.323. The highest BCUT2D eigenvalue weighted by molar-refractivity contribution is 5.67. The molecule has 2 nitrogen and oxygen atoms in total. The average molecular weight is 260 g/mol. The number of rotatable bonds is 5. The maximum Gasteiger partial charge on any atom is 0.131 e. The van der Waals surface area contributed by atoms with Gasteiger partial charge in [-0.15, -0.1) is 0 Å². The third kappa shape index (κ3) is 3.25. The van der Waals surface area contributed by atoms with Crippen molar-refractivity contribution >= 4 is 0 Å². The summed E-state index contributed by atoms with van der Waals surface area (Å²) in [7, 11) is 0. The summed E-state index contributed by atoms with van der Waals surface area (Å²) in [4.78, 5) is 0. The molecule has 0 aromatic heterocycles. The number of ether oxygens (including phenoxy) is 2. The molecular weight excluding hydrogens is 243 g/mol. The third-order valence-corrected chi connectivity index (χ3v) is 2.69. The van der Waals surface area contributed by atoms with Crippen molar-refractivity contribution in [2.24, 2.45) is 0 Å². The van der Waals surface area contributed by atoms with Gasteiger partial charge in [0.25, 0.3) is 0 Å². The Balaban J connectivity index is 2.46. The molecule has 0 saturated heterocycles. The minimum atomic E-state index is -0.251. The van der Waals surface area contributed by atoms with Gasteiger partial charge in [0.05, 0.1) is 13.2 Å². The van der Waals surface area contributed by atoms with Gasteiger partial charge >= 0.3 is 0 Å². The van der Waals surface area contributed by atoms with Gasteiger partial charge in [0.15, 0.2) is 0 Å². The fourth-order valence-electron chi connectivity index (χ4n) is 1.92. The predicted molar refractivity (Wildman–Crippen MR) is 74.2 cm³/mol. The molecule has 0 atom stereocenters. The van der Waals surface area contributed by atoms with Crippen molar-refractivity contribution in [3.8, 4) is 22.6 Å². The molecule has 0 radical (unpaired) electrons. The SMILES string of the molecule is CCOc1cc(OCC)cc(-c2ccccc2F)c1. The number of hydrogen-bond donors (Lipinski definition) is 0. The summed E-state index contributed by atoms with van der Waals surface area (Å²) in [5.41, 5.74) is 1.30. The summed E-state index contributed by atoms with van der Waals surface area (Å²) in [6.07, 6.45) is 0. The molecule has 0 amide bonds. The summed E-state index contributed by atoms with van der Waals surface area (Å²) in [5, 5.41) is 0. The van der Waals surface area contributed by atoms with Crippen molar-refractivity contribution in [3.05, 3.63) is 48.3 Å². The first-order valence-corrected chi connectivity index (χ1v) is 6.40. The molecule has 0 aliphatic heterocycles. The van der Waals surface area contributed by atoms with Crippen LogP contribution in [0.1, 0.15) is 13.8 Å². The Hall–Kier alpha value is -2.03. The summed E-state index contributed by atoms with van der Waals surface area (Å²) < 4.78 is 24.8. The average Bonchev–Trinajstić information content (AvgIpc) is 2.40. The van der Waals surface area contributed by atoms with E-state index < -0.39 is 0 Å². The molecule has 100 valence electrons. The Labute approximate surface area is 112 Å². The minimum absolute atomic E-state index is 0.251. The molecule has 0 heterocycles. The summed E-state index contributed by atoms with van der Waals surface area (Å²) in [5.74, 6) is 1.12. The van der Waals surface area contributed by atoms with Gasteiger partial charge in [0.2, 0.25) is 0 Å². The van der Waals surface area contributed by atoms with E-state index in [2.05, 4.69) is 0 Å². The fraction of sp³-hybridized carbons (Fsp3) is 0.250. The molecule has 0 fully saturated rings. The van der Waals surface area contributed by atoms with Gasteiger partial charge in [0.1, 0.15) is 17.3 Å². The monoisotopic (exact) mass is 260 g/mol. The lowest BCUT2D eigenvalue weighted by Gasteiger charge is -2.11. The fourth-order valence-corrected chi connectivity index (χ4v) is 1.92. The van der Waals surface area contributed by atoms with E-state index in [0.29, 0.717) is 30.3 Å². The van der Waals surface area contributed by atoms with E-state index in [1.165, 1.54) is 6.07 Å². The van der Waals surface area contributed by atoms with Crippen LogP contribution in [-0.4, -0.2) is 13.2 Å². The van der Waals surface area contributed by atoms with E-state index in [4.69, 9.17) is 9.47 Å². The highest BCUT2D eigenvalue weighted by Gasteiger charge is 2.08. The number of benzene rings is 2. The molecule has 0 bridgehead atoms. The molecule has 2 aromatic carbocycles. The van der Waals surface area contributed by atoms with Gasteiger partial charge in [-0.05, 0) is 37.6 Å². The lowest BCUT2D eigenvalue weighted by atomic mass is 10.0. The zero-order chi connectivity index (χ0) is 13.7. The summed E-state index contributed by atoms with van der Waals surface area (Å²) in [6, 6.07) is 12.1. The Morgan fingerprint density at radius 1 is 0.895 bits per heavy atom. The van der Waals surface area contributed by atoms with Gasteiger partial charge in [-0.2, -0.15) is 0 Å². The Morgan fingerprint density at radius 3 is 2.00 bits per heavy atom. The van der Waals surface area contributed by atoms with Crippen molar-refractivity contribution in [2.75, 3.05) is 13.2 Å². The molecule has 0 N–H and O–H groups in total. The second-order valence-corrected chi connectivity index (χ2v) is 4.04. The molecule has 2 rings (SSSR count). The molecule has 2 aromatic rings. The lowest BCUT2D eigenvalue weighted by Crippen LogP contribution is -1.96. The van der Waals surface area contributed by atoms with Crippen molar-refractivity contribution in [3.63, 3.8) is 0 Å². The molecule has 0 spiro atoms. The first kappa shape index (κ1) is 13.4. The molecule has 19 heavy (non-hydrogen) atoms. The Bertz CT molecular complexity index is 528. The van der Waals surface area contributed by atoms with Crippen molar-refractivity contribution in [1.82, 2.24) is 0 Å². The van der Waals surface area contributed by atoms with Crippen LogP contribution in [-0.2, 0) is 0 Å². The van der Waals surface area contributed by atoms with Crippen LogP contribution in [0.3, 0.4) is 0 Å². The normalized spacial score (nSPS) is 10.3. The molecule has 3 heteroatoms. The zero-order valence-electron chi connectivity index (χ0n) is 11.2. The summed E-state index contributed by atoms with van der Waals surface area (Å²) in [6.45, 7) is 4.95. The molecule has 0 unspecified atom stereocenters. The molecular formula is C16H17FO2. The van der Waals surface area contributed by atoms with E-state index in [1.807, 2.05) is 38.1 Å². The predicted octanol–water partition coefficient (Wildman–Crippen LogP) is 4.29. The highest BCUT2D eigenvalue weighted by Crippen LogP contribution is 2.31. The van der Waals surface area contributed by atoms with E-state index in [-0.39, 0.29) is 5.82 Å². The summed E-state index contributed by atoms with van der Waals surface area (Å²) >= 11 is 0. The van der Waals surface area contributed by atoms with E-state index >= 15 is 0 Å². The van der Waals surface area contributed by atoms with Gasteiger partial charge in [-0.1, -0.05) is 18.2 Å².